The number of carbonyl (C=O) groups excluding carboxylic acids is 1. The van der Waals surface area contributed by atoms with E-state index in [2.05, 4.69) is 10.1 Å². The highest BCUT2D eigenvalue weighted by Crippen LogP contribution is 2.31. The average molecular weight is 407 g/mol. The molecule has 0 aliphatic carbocycles. The van der Waals surface area contributed by atoms with Crippen LogP contribution >= 0.6 is 0 Å². The Hall–Kier alpha value is -3.35. The van der Waals surface area contributed by atoms with E-state index < -0.39 is 0 Å². The fraction of sp³-hybridized carbons (Fsp3) is 0.348. The minimum atomic E-state index is -0.0718. The first-order chi connectivity index (χ1) is 14.6. The summed E-state index contributed by atoms with van der Waals surface area (Å²) in [6.45, 7) is 3.25. The van der Waals surface area contributed by atoms with E-state index in [1.807, 2.05) is 36.1 Å². The van der Waals surface area contributed by atoms with Crippen LogP contribution in [0.4, 0.5) is 0 Å². The van der Waals surface area contributed by atoms with Crippen LogP contribution in [-0.4, -0.2) is 48.3 Å². The molecular weight excluding hydrogens is 382 g/mol. The van der Waals surface area contributed by atoms with Crippen LogP contribution in [-0.2, 0) is 0 Å². The lowest BCUT2D eigenvalue weighted by Crippen LogP contribution is -2.39. The Bertz CT molecular complexity index is 1030. The summed E-state index contributed by atoms with van der Waals surface area (Å²) < 4.78 is 16.2. The van der Waals surface area contributed by atoms with Crippen molar-refractivity contribution in [2.75, 3.05) is 27.3 Å². The van der Waals surface area contributed by atoms with Crippen LogP contribution < -0.4 is 9.47 Å². The normalized spacial score (nSPS) is 16.4. The minimum Gasteiger partial charge on any atom is -0.497 e. The zero-order valence-corrected chi connectivity index (χ0v) is 17.4. The molecule has 1 atom stereocenters. The van der Waals surface area contributed by atoms with Gasteiger partial charge in [-0.3, -0.25) is 4.79 Å². The Balaban J connectivity index is 1.51. The van der Waals surface area contributed by atoms with Gasteiger partial charge in [-0.15, -0.1) is 0 Å². The van der Waals surface area contributed by atoms with Gasteiger partial charge in [-0.1, -0.05) is 35.0 Å². The lowest BCUT2D eigenvalue weighted by molar-refractivity contribution is 0.0692. The lowest BCUT2D eigenvalue weighted by Gasteiger charge is -2.31. The molecule has 1 aliphatic heterocycles. The molecule has 1 amide bonds. The number of ether oxygens (including phenoxy) is 2. The Morgan fingerprint density at radius 3 is 2.67 bits per heavy atom. The number of likely N-dealkylation sites (tertiary alicyclic amines) is 1. The number of amides is 1. The summed E-state index contributed by atoms with van der Waals surface area (Å²) in [5, 5.41) is 4.14. The van der Waals surface area contributed by atoms with Crippen LogP contribution in [0.5, 0.6) is 11.5 Å². The molecule has 0 spiro atoms. The molecule has 1 unspecified atom stereocenters. The second kappa shape index (κ2) is 8.57. The van der Waals surface area contributed by atoms with E-state index >= 15 is 0 Å². The Morgan fingerprint density at radius 2 is 1.93 bits per heavy atom. The van der Waals surface area contributed by atoms with Crippen LogP contribution in [0, 0.1) is 6.92 Å². The zero-order chi connectivity index (χ0) is 21.1. The quantitative estimate of drug-likeness (QED) is 0.634. The molecule has 4 rings (SSSR count). The summed E-state index contributed by atoms with van der Waals surface area (Å²) in [4.78, 5) is 19.6. The van der Waals surface area contributed by atoms with E-state index in [1.54, 1.807) is 32.4 Å². The van der Waals surface area contributed by atoms with Gasteiger partial charge in [-0.25, -0.2) is 0 Å². The number of aromatic nitrogens is 2. The van der Waals surface area contributed by atoms with Crippen molar-refractivity contribution in [1.29, 1.82) is 0 Å². The maximum Gasteiger partial charge on any atom is 0.257 e. The molecule has 1 aliphatic rings. The molecule has 1 aromatic heterocycles. The molecule has 0 radical (unpaired) electrons. The van der Waals surface area contributed by atoms with E-state index in [0.29, 0.717) is 41.9 Å². The summed E-state index contributed by atoms with van der Waals surface area (Å²) in [7, 11) is 3.14. The topological polar surface area (TPSA) is 77.7 Å². The first-order valence-corrected chi connectivity index (χ1v) is 10.0. The van der Waals surface area contributed by atoms with E-state index in [0.717, 1.165) is 18.4 Å². The van der Waals surface area contributed by atoms with Gasteiger partial charge in [0.25, 0.3) is 5.91 Å². The van der Waals surface area contributed by atoms with Crippen molar-refractivity contribution in [3.05, 3.63) is 59.5 Å². The molecule has 1 saturated heterocycles. The number of rotatable bonds is 5. The third-order valence-corrected chi connectivity index (χ3v) is 5.45. The van der Waals surface area contributed by atoms with Crippen molar-refractivity contribution in [1.82, 2.24) is 15.0 Å². The first kappa shape index (κ1) is 19.9. The minimum absolute atomic E-state index is 0.0126. The molecule has 156 valence electrons. The van der Waals surface area contributed by atoms with E-state index in [1.165, 1.54) is 5.56 Å². The number of nitrogens with zero attached hydrogens (tertiary/aromatic N) is 3. The van der Waals surface area contributed by atoms with Crippen LogP contribution in [0.25, 0.3) is 11.4 Å². The van der Waals surface area contributed by atoms with E-state index in [4.69, 9.17) is 14.0 Å². The molecule has 0 saturated carbocycles. The molecule has 7 heteroatoms. The van der Waals surface area contributed by atoms with Crippen molar-refractivity contribution in [2.45, 2.75) is 25.7 Å². The van der Waals surface area contributed by atoms with Gasteiger partial charge in [-0.05, 0) is 31.9 Å². The number of benzene rings is 2. The number of methoxy groups -OCH3 is 2. The third kappa shape index (κ3) is 4.01. The summed E-state index contributed by atoms with van der Waals surface area (Å²) in [5.41, 5.74) is 2.62. The SMILES string of the molecule is COc1ccc(C(=O)N2CCCC(c3nc(-c4ccc(C)cc4)no3)C2)c(OC)c1. The second-order valence-corrected chi connectivity index (χ2v) is 7.48. The molecule has 0 N–H and O–H groups in total. The Kier molecular flexibility index (Phi) is 5.70. The summed E-state index contributed by atoms with van der Waals surface area (Å²) >= 11 is 0. The predicted octanol–water partition coefficient (Wildman–Crippen LogP) is 4.08. The van der Waals surface area contributed by atoms with Crippen molar-refractivity contribution in [3.63, 3.8) is 0 Å². The average Bonchev–Trinajstić information content (AvgIpc) is 3.29. The molecule has 1 fully saturated rings. The predicted molar refractivity (Wildman–Crippen MR) is 112 cm³/mol. The Morgan fingerprint density at radius 1 is 1.13 bits per heavy atom. The lowest BCUT2D eigenvalue weighted by atomic mass is 9.97. The highest BCUT2D eigenvalue weighted by molar-refractivity contribution is 5.97. The molecule has 0 bridgehead atoms. The van der Waals surface area contributed by atoms with Gasteiger partial charge in [0.15, 0.2) is 0 Å². The summed E-state index contributed by atoms with van der Waals surface area (Å²) in [6, 6.07) is 13.2. The molecule has 2 aromatic carbocycles. The maximum absolute atomic E-state index is 13.2. The fourth-order valence-electron chi connectivity index (χ4n) is 3.73. The largest absolute Gasteiger partial charge is 0.497 e. The van der Waals surface area contributed by atoms with Crippen LogP contribution in [0.15, 0.2) is 47.0 Å². The van der Waals surface area contributed by atoms with Crippen molar-refractivity contribution < 1.29 is 18.8 Å². The fourth-order valence-corrected chi connectivity index (χ4v) is 3.73. The van der Waals surface area contributed by atoms with E-state index in [-0.39, 0.29) is 11.8 Å². The number of hydrogen-bond donors (Lipinski definition) is 0. The maximum atomic E-state index is 13.2. The van der Waals surface area contributed by atoms with Gasteiger partial charge in [0.2, 0.25) is 11.7 Å². The smallest absolute Gasteiger partial charge is 0.257 e. The van der Waals surface area contributed by atoms with Crippen LogP contribution in [0.3, 0.4) is 0 Å². The van der Waals surface area contributed by atoms with Gasteiger partial charge in [-0.2, -0.15) is 4.98 Å². The number of aryl methyl sites for hydroxylation is 1. The first-order valence-electron chi connectivity index (χ1n) is 10.0. The van der Waals surface area contributed by atoms with Crippen LogP contribution in [0.2, 0.25) is 0 Å². The molecule has 2 heterocycles. The summed E-state index contributed by atoms with van der Waals surface area (Å²) in [6.07, 6.45) is 1.77. The zero-order valence-electron chi connectivity index (χ0n) is 17.4. The standard InChI is InChI=1S/C23H25N3O4/c1-15-6-8-16(9-7-15)21-24-22(30-25-21)17-5-4-12-26(14-17)23(27)19-11-10-18(28-2)13-20(19)29-3/h6-11,13,17H,4-5,12,14H2,1-3H3. The van der Waals surface area contributed by atoms with Gasteiger partial charge >= 0.3 is 0 Å². The number of piperidine rings is 1. The highest BCUT2D eigenvalue weighted by atomic mass is 16.5. The van der Waals surface area contributed by atoms with Gasteiger partial charge < -0.3 is 18.9 Å². The van der Waals surface area contributed by atoms with E-state index in [9.17, 15) is 4.79 Å². The number of carbonyl (C=O) groups is 1. The number of hydrogen-bond acceptors (Lipinski definition) is 6. The van der Waals surface area contributed by atoms with Crippen molar-refractivity contribution in [2.24, 2.45) is 0 Å². The van der Waals surface area contributed by atoms with Gasteiger partial charge in [0.05, 0.1) is 25.7 Å². The van der Waals surface area contributed by atoms with Gasteiger partial charge in [0.1, 0.15) is 11.5 Å². The molecule has 30 heavy (non-hydrogen) atoms. The monoisotopic (exact) mass is 407 g/mol. The van der Waals surface area contributed by atoms with Gasteiger partial charge in [0, 0.05) is 24.7 Å². The second-order valence-electron chi connectivity index (χ2n) is 7.48. The van der Waals surface area contributed by atoms with Crippen molar-refractivity contribution in [3.8, 4) is 22.9 Å². The Labute approximate surface area is 175 Å². The van der Waals surface area contributed by atoms with Crippen LogP contribution in [0.1, 0.15) is 40.6 Å². The molecule has 3 aromatic rings. The third-order valence-electron chi connectivity index (χ3n) is 5.45. The molecule has 7 nitrogen and oxygen atoms in total. The highest BCUT2D eigenvalue weighted by Gasteiger charge is 2.30. The van der Waals surface area contributed by atoms with Crippen molar-refractivity contribution >= 4 is 5.91 Å². The molecular formula is C23H25N3O4. The summed E-state index contributed by atoms with van der Waals surface area (Å²) in [5.74, 6) is 2.24.